The van der Waals surface area contributed by atoms with E-state index in [2.05, 4.69) is 5.32 Å². The molecule has 0 aliphatic heterocycles. The lowest BCUT2D eigenvalue weighted by Crippen LogP contribution is -2.35. The number of hydrogen-bond acceptors (Lipinski definition) is 5. The van der Waals surface area contributed by atoms with Crippen molar-refractivity contribution in [3.63, 3.8) is 0 Å². The second kappa shape index (κ2) is 10.6. The van der Waals surface area contributed by atoms with Crippen molar-refractivity contribution in [2.75, 3.05) is 26.3 Å². The van der Waals surface area contributed by atoms with Gasteiger partial charge >= 0.3 is 5.97 Å². The maximum Gasteiger partial charge on any atom is 0.303 e. The molecule has 0 aliphatic carbocycles. The number of carbonyl (C=O) groups is 2. The zero-order valence-corrected chi connectivity index (χ0v) is 14.8. The van der Waals surface area contributed by atoms with Gasteiger partial charge in [0.15, 0.2) is 0 Å². The molecule has 0 aromatic carbocycles. The van der Waals surface area contributed by atoms with E-state index < -0.39 is 5.97 Å². The minimum absolute atomic E-state index is 0.00326. The predicted octanol–water partition coefficient (Wildman–Crippen LogP) is 1.30. The van der Waals surface area contributed by atoms with Gasteiger partial charge in [0.25, 0.3) is 0 Å². The first-order chi connectivity index (χ1) is 10.6. The molecule has 0 atom stereocenters. The fourth-order valence-electron chi connectivity index (χ4n) is 1.86. The molecule has 0 saturated heterocycles. The van der Waals surface area contributed by atoms with Gasteiger partial charge in [-0.05, 0) is 40.5 Å². The minimum atomic E-state index is -0.969. The van der Waals surface area contributed by atoms with Crippen LogP contribution >= 0.6 is 0 Å². The normalized spacial score (nSPS) is 12.2. The Morgan fingerprint density at radius 3 is 2.13 bits per heavy atom. The van der Waals surface area contributed by atoms with Crippen LogP contribution < -0.4 is 11.1 Å². The lowest BCUT2D eigenvalue weighted by atomic mass is 10.0. The number of hydrogen-bond donors (Lipinski definition) is 3. The Kier molecular flexibility index (Phi) is 10.0. The van der Waals surface area contributed by atoms with E-state index in [-0.39, 0.29) is 30.0 Å². The van der Waals surface area contributed by atoms with E-state index in [4.69, 9.17) is 20.3 Å². The molecule has 136 valence electrons. The Labute approximate surface area is 138 Å². The largest absolute Gasteiger partial charge is 0.481 e. The van der Waals surface area contributed by atoms with Crippen LogP contribution in [0.15, 0.2) is 0 Å². The van der Waals surface area contributed by atoms with E-state index in [1.807, 2.05) is 27.7 Å². The van der Waals surface area contributed by atoms with Crippen molar-refractivity contribution in [3.05, 3.63) is 0 Å². The minimum Gasteiger partial charge on any atom is -0.481 e. The van der Waals surface area contributed by atoms with Gasteiger partial charge < -0.3 is 25.6 Å². The van der Waals surface area contributed by atoms with Crippen LogP contribution in [0.5, 0.6) is 0 Å². The van der Waals surface area contributed by atoms with Crippen LogP contribution in [0.2, 0.25) is 0 Å². The van der Waals surface area contributed by atoms with Crippen molar-refractivity contribution in [2.45, 2.75) is 64.6 Å². The van der Waals surface area contributed by atoms with Crippen molar-refractivity contribution in [3.8, 4) is 0 Å². The van der Waals surface area contributed by atoms with Crippen molar-refractivity contribution in [2.24, 2.45) is 5.73 Å². The van der Waals surface area contributed by atoms with E-state index in [1.54, 1.807) is 0 Å². The molecular formula is C16H32N2O5. The number of ether oxygens (including phenoxy) is 2. The van der Waals surface area contributed by atoms with Crippen molar-refractivity contribution in [1.29, 1.82) is 0 Å². The van der Waals surface area contributed by atoms with Gasteiger partial charge in [-0.2, -0.15) is 0 Å². The highest BCUT2D eigenvalue weighted by atomic mass is 16.5. The molecule has 0 aromatic rings. The predicted molar refractivity (Wildman–Crippen MR) is 88.2 cm³/mol. The van der Waals surface area contributed by atoms with Gasteiger partial charge in [-0.1, -0.05) is 0 Å². The van der Waals surface area contributed by atoms with E-state index in [0.717, 1.165) is 6.42 Å². The summed E-state index contributed by atoms with van der Waals surface area (Å²) < 4.78 is 11.5. The first-order valence-electron chi connectivity index (χ1n) is 8.04. The number of carbonyl (C=O) groups excluding carboxylic acids is 1. The summed E-state index contributed by atoms with van der Waals surface area (Å²) in [7, 11) is 0. The highest BCUT2D eigenvalue weighted by Crippen LogP contribution is 2.19. The highest BCUT2D eigenvalue weighted by molar-refractivity contribution is 5.80. The maximum atomic E-state index is 11.4. The molecular weight excluding hydrogens is 300 g/mol. The summed E-state index contributed by atoms with van der Waals surface area (Å²) >= 11 is 0. The summed E-state index contributed by atoms with van der Waals surface area (Å²) in [5.41, 5.74) is 4.78. The molecule has 0 spiro atoms. The summed E-state index contributed by atoms with van der Waals surface area (Å²) in [6.45, 7) is 9.96. The smallest absolute Gasteiger partial charge is 0.303 e. The summed E-state index contributed by atoms with van der Waals surface area (Å²) in [5, 5.41) is 11.2. The molecule has 0 aromatic heterocycles. The molecule has 0 aliphatic rings. The van der Waals surface area contributed by atoms with Gasteiger partial charge in [-0.15, -0.1) is 0 Å². The van der Waals surface area contributed by atoms with Gasteiger partial charge in [0.2, 0.25) is 5.91 Å². The van der Waals surface area contributed by atoms with Crippen molar-refractivity contribution in [1.82, 2.24) is 5.32 Å². The fraction of sp³-hybridized carbons (Fsp3) is 0.875. The molecule has 0 saturated carbocycles. The number of aliphatic carboxylic acids is 1. The molecule has 0 bridgehead atoms. The van der Waals surface area contributed by atoms with Gasteiger partial charge in [0.05, 0.1) is 30.8 Å². The molecule has 0 heterocycles. The van der Waals surface area contributed by atoms with E-state index in [1.165, 1.54) is 0 Å². The monoisotopic (exact) mass is 332 g/mol. The summed E-state index contributed by atoms with van der Waals surface area (Å²) in [4.78, 5) is 21.8. The third-order valence-corrected chi connectivity index (χ3v) is 3.42. The third-order valence-electron chi connectivity index (χ3n) is 3.42. The quantitative estimate of drug-likeness (QED) is 0.469. The number of carboxylic acid groups (broad SMARTS) is 1. The fourth-order valence-corrected chi connectivity index (χ4v) is 1.86. The molecule has 7 heteroatoms. The Hall–Kier alpha value is -1.18. The summed E-state index contributed by atoms with van der Waals surface area (Å²) in [6.07, 6.45) is 1.25. The van der Waals surface area contributed by atoms with Gasteiger partial charge in [-0.3, -0.25) is 9.59 Å². The Morgan fingerprint density at radius 1 is 1.00 bits per heavy atom. The number of nitrogens with two attached hydrogens (primary N) is 1. The lowest BCUT2D eigenvalue weighted by Gasteiger charge is -2.29. The first kappa shape index (κ1) is 21.8. The number of amides is 1. The molecule has 1 amide bonds. The molecule has 0 fully saturated rings. The molecule has 23 heavy (non-hydrogen) atoms. The van der Waals surface area contributed by atoms with Gasteiger partial charge in [-0.25, -0.2) is 0 Å². The zero-order chi connectivity index (χ0) is 17.9. The van der Waals surface area contributed by atoms with Crippen LogP contribution in [-0.4, -0.2) is 54.5 Å². The third kappa shape index (κ3) is 13.0. The summed E-state index contributed by atoms with van der Waals surface area (Å²) in [5.74, 6) is -1.22. The average Bonchev–Trinajstić information content (AvgIpc) is 2.42. The summed E-state index contributed by atoms with van der Waals surface area (Å²) in [6, 6.07) is 0. The maximum absolute atomic E-state index is 11.4. The lowest BCUT2D eigenvalue weighted by molar-refractivity contribution is -0.138. The van der Waals surface area contributed by atoms with Crippen molar-refractivity contribution < 1.29 is 24.2 Å². The van der Waals surface area contributed by atoms with Crippen LogP contribution in [0.1, 0.15) is 53.4 Å². The van der Waals surface area contributed by atoms with Crippen LogP contribution in [0.4, 0.5) is 0 Å². The molecule has 0 unspecified atom stereocenters. The van der Waals surface area contributed by atoms with E-state index in [0.29, 0.717) is 32.7 Å². The van der Waals surface area contributed by atoms with Gasteiger partial charge in [0, 0.05) is 19.5 Å². The van der Waals surface area contributed by atoms with E-state index in [9.17, 15) is 9.59 Å². The number of nitrogens with one attached hydrogen (secondary N) is 1. The number of carboxylic acids is 1. The first-order valence-corrected chi connectivity index (χ1v) is 8.04. The molecule has 0 rings (SSSR count). The van der Waals surface area contributed by atoms with E-state index >= 15 is 0 Å². The Morgan fingerprint density at radius 2 is 1.57 bits per heavy atom. The molecule has 0 radical (unpaired) electrons. The van der Waals surface area contributed by atoms with Crippen LogP contribution in [0, 0.1) is 0 Å². The zero-order valence-electron chi connectivity index (χ0n) is 14.8. The number of rotatable bonds is 13. The molecule has 7 nitrogen and oxygen atoms in total. The Balaban J connectivity index is 3.92. The Bertz CT molecular complexity index is 369. The van der Waals surface area contributed by atoms with Crippen LogP contribution in [-0.2, 0) is 19.1 Å². The van der Waals surface area contributed by atoms with Gasteiger partial charge in [0.1, 0.15) is 0 Å². The second-order valence-electron chi connectivity index (χ2n) is 6.75. The second-order valence-corrected chi connectivity index (χ2v) is 6.75. The standard InChI is InChI=1S/C16H32N2O5/c1-15(2,7-10-18-13(19)5-6-14(20)21)22-11-8-16(3,4)23-12-9-17/h5-12,17H2,1-4H3,(H,18,19)(H,20,21). The van der Waals surface area contributed by atoms with Crippen molar-refractivity contribution >= 4 is 11.9 Å². The van der Waals surface area contributed by atoms with Crippen LogP contribution in [0.25, 0.3) is 0 Å². The van der Waals surface area contributed by atoms with Crippen LogP contribution in [0.3, 0.4) is 0 Å². The average molecular weight is 332 g/mol. The SMILES string of the molecule is CC(C)(CCNC(=O)CCC(=O)O)OCCC(C)(C)OCCN. The highest BCUT2D eigenvalue weighted by Gasteiger charge is 2.22. The topological polar surface area (TPSA) is 111 Å². The molecule has 4 N–H and O–H groups in total.